The molecule has 0 spiro atoms. The lowest BCUT2D eigenvalue weighted by atomic mass is 10.1. The molecule has 4 aromatic rings. The van der Waals surface area contributed by atoms with Crippen molar-refractivity contribution in [3.63, 3.8) is 0 Å². The Morgan fingerprint density at radius 1 is 0.950 bits per heavy atom. The summed E-state index contributed by atoms with van der Waals surface area (Å²) in [7, 11) is 0. The lowest BCUT2D eigenvalue weighted by Gasteiger charge is -2.37. The molecule has 1 atom stereocenters. The van der Waals surface area contributed by atoms with Crippen LogP contribution in [0.25, 0.3) is 10.9 Å². The van der Waals surface area contributed by atoms with E-state index < -0.39 is 12.0 Å². The van der Waals surface area contributed by atoms with Crippen molar-refractivity contribution in [2.75, 3.05) is 32.7 Å². The molecule has 0 aliphatic carbocycles. The lowest BCUT2D eigenvalue weighted by Crippen LogP contribution is -2.55. The molecule has 1 saturated heterocycles. The molecule has 1 aliphatic rings. The van der Waals surface area contributed by atoms with Crippen LogP contribution < -0.4 is 10.1 Å². The van der Waals surface area contributed by atoms with Gasteiger partial charge in [-0.3, -0.25) is 24.4 Å². The van der Waals surface area contributed by atoms with Crippen LogP contribution in [0.2, 0.25) is 0 Å². The molecule has 2 N–H and O–H groups in total. The van der Waals surface area contributed by atoms with Gasteiger partial charge in [-0.25, -0.2) is 0 Å². The van der Waals surface area contributed by atoms with Crippen molar-refractivity contribution in [2.24, 2.45) is 0 Å². The fourth-order valence-corrected chi connectivity index (χ4v) is 5.12. The summed E-state index contributed by atoms with van der Waals surface area (Å²) in [4.78, 5) is 33.7. The van der Waals surface area contributed by atoms with Crippen LogP contribution in [0.1, 0.15) is 27.2 Å². The van der Waals surface area contributed by atoms with E-state index in [2.05, 4.69) is 27.3 Å². The summed E-state index contributed by atoms with van der Waals surface area (Å²) >= 11 is 0. The van der Waals surface area contributed by atoms with Crippen LogP contribution in [0.3, 0.4) is 0 Å². The first-order valence-corrected chi connectivity index (χ1v) is 13.6. The van der Waals surface area contributed by atoms with Crippen molar-refractivity contribution in [1.29, 1.82) is 0 Å². The third kappa shape index (κ3) is 6.83. The van der Waals surface area contributed by atoms with Gasteiger partial charge in [-0.2, -0.15) is 0 Å². The highest BCUT2D eigenvalue weighted by molar-refractivity contribution is 5.94. The summed E-state index contributed by atoms with van der Waals surface area (Å²) in [6.45, 7) is 6.07. The molecule has 8 nitrogen and oxygen atoms in total. The number of hydrogen-bond acceptors (Lipinski definition) is 6. The molecule has 0 saturated carbocycles. The second-order valence-electron chi connectivity index (χ2n) is 10.1. The molecule has 1 aliphatic heterocycles. The zero-order valence-electron chi connectivity index (χ0n) is 22.6. The van der Waals surface area contributed by atoms with Crippen LogP contribution in [0.4, 0.5) is 0 Å². The Balaban J connectivity index is 1.12. The molecule has 206 valence electrons. The number of carboxylic acid groups (broad SMARTS) is 1. The molecule has 8 heteroatoms. The summed E-state index contributed by atoms with van der Waals surface area (Å²) in [6.07, 6.45) is 0. The van der Waals surface area contributed by atoms with E-state index in [4.69, 9.17) is 4.74 Å². The van der Waals surface area contributed by atoms with Gasteiger partial charge >= 0.3 is 5.97 Å². The van der Waals surface area contributed by atoms with Crippen molar-refractivity contribution in [2.45, 2.75) is 26.1 Å². The molecule has 1 aromatic heterocycles. The third-order valence-corrected chi connectivity index (χ3v) is 7.28. The average Bonchev–Trinajstić information content (AvgIpc) is 2.97. The van der Waals surface area contributed by atoms with Gasteiger partial charge in [-0.05, 0) is 48.9 Å². The molecule has 1 fully saturated rings. The van der Waals surface area contributed by atoms with Crippen molar-refractivity contribution >= 4 is 22.8 Å². The smallest absolute Gasteiger partial charge is 0.322 e. The van der Waals surface area contributed by atoms with Crippen molar-refractivity contribution in [3.05, 3.63) is 107 Å². The minimum Gasteiger partial charge on any atom is -0.489 e. The monoisotopic (exact) mass is 538 g/mol. The number of hydrogen-bond donors (Lipinski definition) is 2. The number of amides is 1. The van der Waals surface area contributed by atoms with Crippen LogP contribution in [0, 0.1) is 6.92 Å². The molecule has 2 heterocycles. The van der Waals surface area contributed by atoms with Crippen LogP contribution in [0.15, 0.2) is 84.9 Å². The number of pyridine rings is 1. The molecule has 1 unspecified atom stereocenters. The van der Waals surface area contributed by atoms with E-state index in [9.17, 15) is 14.7 Å². The Morgan fingerprint density at radius 2 is 1.65 bits per heavy atom. The molecule has 0 bridgehead atoms. The van der Waals surface area contributed by atoms with Crippen molar-refractivity contribution < 1.29 is 19.4 Å². The highest BCUT2D eigenvalue weighted by atomic mass is 16.5. The number of aryl methyl sites for hydroxylation is 1. The molecule has 40 heavy (non-hydrogen) atoms. The highest BCUT2D eigenvalue weighted by Crippen LogP contribution is 2.21. The van der Waals surface area contributed by atoms with Gasteiger partial charge in [0.2, 0.25) is 0 Å². The van der Waals surface area contributed by atoms with Gasteiger partial charge in [-0.1, -0.05) is 48.5 Å². The van der Waals surface area contributed by atoms with Gasteiger partial charge in [0.05, 0.1) is 5.52 Å². The van der Waals surface area contributed by atoms with Gasteiger partial charge in [0.1, 0.15) is 18.4 Å². The van der Waals surface area contributed by atoms with E-state index in [1.165, 1.54) is 5.56 Å². The first-order valence-electron chi connectivity index (χ1n) is 13.6. The summed E-state index contributed by atoms with van der Waals surface area (Å²) in [6, 6.07) is 26.4. The van der Waals surface area contributed by atoms with Crippen LogP contribution in [-0.4, -0.2) is 70.5 Å². The molecular weight excluding hydrogens is 504 g/mol. The topological polar surface area (TPSA) is 95.0 Å². The Bertz CT molecular complexity index is 1450. The zero-order chi connectivity index (χ0) is 27.9. The predicted octanol–water partition coefficient (Wildman–Crippen LogP) is 4.12. The van der Waals surface area contributed by atoms with E-state index in [-0.39, 0.29) is 12.5 Å². The number of benzene rings is 3. The largest absolute Gasteiger partial charge is 0.489 e. The van der Waals surface area contributed by atoms with E-state index >= 15 is 0 Å². The number of ether oxygens (including phenoxy) is 1. The summed E-state index contributed by atoms with van der Waals surface area (Å²) < 4.78 is 6.00. The Labute approximate surface area is 234 Å². The number of nitrogens with one attached hydrogen (secondary N) is 1. The zero-order valence-corrected chi connectivity index (χ0v) is 22.6. The second-order valence-corrected chi connectivity index (χ2v) is 10.1. The number of rotatable bonds is 10. The van der Waals surface area contributed by atoms with Crippen LogP contribution >= 0.6 is 0 Å². The fourth-order valence-electron chi connectivity index (χ4n) is 5.12. The van der Waals surface area contributed by atoms with E-state index in [0.29, 0.717) is 31.0 Å². The summed E-state index contributed by atoms with van der Waals surface area (Å²) in [5.74, 6) is -0.595. The Hall–Kier alpha value is -4.27. The van der Waals surface area contributed by atoms with Gasteiger partial charge in [0.25, 0.3) is 5.91 Å². The van der Waals surface area contributed by atoms with Crippen LogP contribution in [0.5, 0.6) is 5.75 Å². The molecular formula is C32H34N4O4. The van der Waals surface area contributed by atoms with Crippen LogP contribution in [-0.2, 0) is 17.9 Å². The number of carbonyl (C=O) groups is 2. The maximum Gasteiger partial charge on any atom is 0.322 e. The van der Waals surface area contributed by atoms with E-state index in [1.807, 2.05) is 60.4 Å². The van der Waals surface area contributed by atoms with Crippen molar-refractivity contribution in [1.82, 2.24) is 20.1 Å². The maximum atomic E-state index is 12.8. The normalized spacial score (nSPS) is 15.0. The minimum atomic E-state index is -0.931. The molecule has 1 amide bonds. The maximum absolute atomic E-state index is 12.8. The Kier molecular flexibility index (Phi) is 8.68. The minimum absolute atomic E-state index is 0.0412. The highest BCUT2D eigenvalue weighted by Gasteiger charge is 2.29. The lowest BCUT2D eigenvalue weighted by molar-refractivity contribution is -0.143. The fraction of sp³-hybridized carbons (Fsp3) is 0.281. The van der Waals surface area contributed by atoms with Gasteiger partial charge in [-0.15, -0.1) is 0 Å². The van der Waals surface area contributed by atoms with Gasteiger partial charge in [0.15, 0.2) is 0 Å². The average molecular weight is 539 g/mol. The van der Waals surface area contributed by atoms with Crippen molar-refractivity contribution in [3.8, 4) is 5.75 Å². The third-order valence-electron chi connectivity index (χ3n) is 7.28. The number of aromatic nitrogens is 1. The number of piperazine rings is 1. The molecule has 5 rings (SSSR count). The number of carbonyl (C=O) groups excluding carboxylic acids is 1. The molecule has 0 radical (unpaired) electrons. The first kappa shape index (κ1) is 27.3. The predicted molar refractivity (Wildman–Crippen MR) is 154 cm³/mol. The number of carboxylic acids is 1. The number of nitrogens with zero attached hydrogens (tertiary/aromatic N) is 3. The Morgan fingerprint density at radius 3 is 2.38 bits per heavy atom. The quantitative estimate of drug-likeness (QED) is 0.314. The van der Waals surface area contributed by atoms with Gasteiger partial charge in [0, 0.05) is 61.5 Å². The number of fused-ring (bicyclic) bond motifs is 1. The first-order chi connectivity index (χ1) is 19.5. The standard InChI is InChI=1S/C32H34N4O4/c1-23-19-26(28-9-5-6-10-29(28)34-23)22-40-27-13-11-25(12-14-27)31(37)33-20-30(32(38)39)36-17-15-35(16-18-36)21-24-7-3-2-4-8-24/h2-14,19,30H,15-18,20-22H2,1H3,(H,33,37)(H,38,39). The summed E-state index contributed by atoms with van der Waals surface area (Å²) in [5.41, 5.74) is 4.61. The van der Waals surface area contributed by atoms with E-state index in [1.54, 1.807) is 24.3 Å². The number of para-hydroxylation sites is 1. The number of aliphatic carboxylic acids is 1. The second kappa shape index (κ2) is 12.7. The van der Waals surface area contributed by atoms with E-state index in [0.717, 1.165) is 41.8 Å². The SMILES string of the molecule is Cc1cc(COc2ccc(C(=O)NCC(C(=O)O)N3CCN(Cc4ccccc4)CC3)cc2)c2ccccc2n1. The van der Waals surface area contributed by atoms with Gasteiger partial charge < -0.3 is 15.2 Å². The summed E-state index contributed by atoms with van der Waals surface area (Å²) in [5, 5.41) is 13.7. The molecule has 3 aromatic carbocycles.